The third-order valence-corrected chi connectivity index (χ3v) is 3.93. The van der Waals surface area contributed by atoms with Gasteiger partial charge in [-0.2, -0.15) is 18.2 Å². The number of halogens is 3. The topological polar surface area (TPSA) is 89.6 Å². The number of alkyl halides is 3. The zero-order valence-corrected chi connectivity index (χ0v) is 15.8. The van der Waals surface area contributed by atoms with Crippen molar-refractivity contribution >= 4 is 12.1 Å². The number of oxime groups is 1. The summed E-state index contributed by atoms with van der Waals surface area (Å²) in [6, 6.07) is 13.6. The zero-order valence-electron chi connectivity index (χ0n) is 15.8. The summed E-state index contributed by atoms with van der Waals surface area (Å²) in [5.74, 6) is -2.02. The van der Waals surface area contributed by atoms with Crippen molar-refractivity contribution in [1.29, 1.82) is 0 Å². The molecule has 1 heterocycles. The molecule has 1 aromatic heterocycles. The van der Waals surface area contributed by atoms with Crippen LogP contribution in [0.2, 0.25) is 0 Å². The molecule has 7 nitrogen and oxygen atoms in total. The van der Waals surface area contributed by atoms with Gasteiger partial charge < -0.3 is 14.7 Å². The van der Waals surface area contributed by atoms with Crippen LogP contribution in [0.15, 0.2) is 58.2 Å². The number of carbonyl (C=O) groups is 1. The standard InChI is InChI=1S/C20H17F3N4O3/c1-13-2-4-14(5-3-13)12-29-25-11-10-24-18(28)16-8-6-15(7-9-16)17-26-19(30-27-17)20(21,22)23/h2-9,11H,10,12H2,1H3,(H,24,28)/b25-11-. The first-order chi connectivity index (χ1) is 14.3. The summed E-state index contributed by atoms with van der Waals surface area (Å²) >= 11 is 0. The molecule has 0 unspecified atom stereocenters. The van der Waals surface area contributed by atoms with Crippen molar-refractivity contribution in [3.05, 3.63) is 71.1 Å². The highest BCUT2D eigenvalue weighted by Crippen LogP contribution is 2.29. The fourth-order valence-electron chi connectivity index (χ4n) is 2.35. The maximum absolute atomic E-state index is 12.5. The number of nitrogens with zero attached hydrogens (tertiary/aromatic N) is 3. The fourth-order valence-corrected chi connectivity index (χ4v) is 2.35. The molecule has 3 aromatic rings. The predicted octanol–water partition coefficient (Wildman–Crippen LogP) is 4.00. The van der Waals surface area contributed by atoms with Crippen molar-refractivity contribution < 1.29 is 27.3 Å². The van der Waals surface area contributed by atoms with Crippen molar-refractivity contribution in [3.63, 3.8) is 0 Å². The van der Waals surface area contributed by atoms with Crippen LogP contribution in [-0.2, 0) is 17.6 Å². The second-order valence-corrected chi connectivity index (χ2v) is 6.26. The molecule has 0 atom stereocenters. The summed E-state index contributed by atoms with van der Waals surface area (Å²) in [5, 5.41) is 9.69. The van der Waals surface area contributed by atoms with Gasteiger partial charge in [-0.25, -0.2) is 0 Å². The molecule has 0 aliphatic rings. The number of amides is 1. The van der Waals surface area contributed by atoms with Crippen molar-refractivity contribution in [2.75, 3.05) is 6.54 Å². The SMILES string of the molecule is Cc1ccc(CO/N=C\CNC(=O)c2ccc(-c3noc(C(F)(F)F)n3)cc2)cc1. The highest BCUT2D eigenvalue weighted by Gasteiger charge is 2.38. The van der Waals surface area contributed by atoms with Crippen LogP contribution in [0.25, 0.3) is 11.4 Å². The monoisotopic (exact) mass is 418 g/mol. The number of benzene rings is 2. The van der Waals surface area contributed by atoms with Crippen molar-refractivity contribution in [2.24, 2.45) is 5.16 Å². The highest BCUT2D eigenvalue weighted by molar-refractivity contribution is 5.95. The molecule has 0 aliphatic carbocycles. The molecule has 10 heteroatoms. The maximum Gasteiger partial charge on any atom is 0.471 e. The van der Waals surface area contributed by atoms with E-state index >= 15 is 0 Å². The first kappa shape index (κ1) is 21.0. The van der Waals surface area contributed by atoms with E-state index in [4.69, 9.17) is 4.84 Å². The molecular weight excluding hydrogens is 401 g/mol. The summed E-state index contributed by atoms with van der Waals surface area (Å²) in [4.78, 5) is 20.6. The van der Waals surface area contributed by atoms with Gasteiger partial charge in [-0.3, -0.25) is 4.79 Å². The Balaban J connectivity index is 1.46. The van der Waals surface area contributed by atoms with Gasteiger partial charge in [-0.05, 0) is 24.6 Å². The van der Waals surface area contributed by atoms with E-state index in [1.54, 1.807) is 0 Å². The van der Waals surface area contributed by atoms with Crippen LogP contribution < -0.4 is 5.32 Å². The summed E-state index contributed by atoms with van der Waals surface area (Å²) in [7, 11) is 0. The Morgan fingerprint density at radius 2 is 1.87 bits per heavy atom. The molecule has 30 heavy (non-hydrogen) atoms. The molecular formula is C20H17F3N4O3. The van der Waals surface area contributed by atoms with Crippen molar-refractivity contribution in [1.82, 2.24) is 15.5 Å². The van der Waals surface area contributed by atoms with Gasteiger partial charge in [0.25, 0.3) is 5.91 Å². The summed E-state index contributed by atoms with van der Waals surface area (Å²) < 4.78 is 41.7. The lowest BCUT2D eigenvalue weighted by Crippen LogP contribution is -2.25. The number of hydrogen-bond acceptors (Lipinski definition) is 6. The number of hydrogen-bond donors (Lipinski definition) is 1. The minimum Gasteiger partial charge on any atom is -0.391 e. The molecule has 3 rings (SSSR count). The molecule has 1 amide bonds. The lowest BCUT2D eigenvalue weighted by Gasteiger charge is -2.03. The number of aromatic nitrogens is 2. The molecule has 0 saturated heterocycles. The molecule has 2 aromatic carbocycles. The van der Waals surface area contributed by atoms with Crippen molar-refractivity contribution in [2.45, 2.75) is 19.7 Å². The van der Waals surface area contributed by atoms with E-state index in [0.717, 1.165) is 11.1 Å². The van der Waals surface area contributed by atoms with Gasteiger partial charge in [0.1, 0.15) is 6.61 Å². The largest absolute Gasteiger partial charge is 0.471 e. The van der Waals surface area contributed by atoms with E-state index in [1.165, 1.54) is 30.5 Å². The first-order valence-electron chi connectivity index (χ1n) is 8.82. The quantitative estimate of drug-likeness (QED) is 0.463. The van der Waals surface area contributed by atoms with Crippen molar-refractivity contribution in [3.8, 4) is 11.4 Å². The van der Waals surface area contributed by atoms with Gasteiger partial charge in [-0.15, -0.1) is 0 Å². The van der Waals surface area contributed by atoms with Gasteiger partial charge in [0.15, 0.2) is 0 Å². The Kier molecular flexibility index (Phi) is 6.45. The van der Waals surface area contributed by atoms with Crippen LogP contribution in [0.5, 0.6) is 0 Å². The molecule has 156 valence electrons. The number of carbonyl (C=O) groups excluding carboxylic acids is 1. The predicted molar refractivity (Wildman–Crippen MR) is 102 cm³/mol. The average molecular weight is 418 g/mol. The van der Waals surface area contributed by atoms with E-state index < -0.39 is 12.1 Å². The summed E-state index contributed by atoms with van der Waals surface area (Å²) in [6.07, 6.45) is -3.30. The van der Waals surface area contributed by atoms with Gasteiger partial charge in [-0.1, -0.05) is 52.3 Å². The number of aryl methyl sites for hydroxylation is 1. The minimum atomic E-state index is -4.71. The summed E-state index contributed by atoms with van der Waals surface area (Å²) in [6.45, 7) is 2.46. The van der Waals surface area contributed by atoms with Gasteiger partial charge in [0, 0.05) is 11.1 Å². The van der Waals surface area contributed by atoms with Crippen LogP contribution in [0.1, 0.15) is 27.4 Å². The van der Waals surface area contributed by atoms with Crippen LogP contribution in [0.4, 0.5) is 13.2 Å². The van der Waals surface area contributed by atoms with E-state index in [9.17, 15) is 18.0 Å². The Labute approximate surface area is 169 Å². The molecule has 0 radical (unpaired) electrons. The highest BCUT2D eigenvalue weighted by atomic mass is 19.4. The first-order valence-corrected chi connectivity index (χ1v) is 8.82. The second kappa shape index (κ2) is 9.21. The Morgan fingerprint density at radius 1 is 1.17 bits per heavy atom. The van der Waals surface area contributed by atoms with E-state index in [1.807, 2.05) is 31.2 Å². The molecule has 0 bridgehead atoms. The Hall–Kier alpha value is -3.69. The lowest BCUT2D eigenvalue weighted by atomic mass is 10.1. The average Bonchev–Trinajstić information content (AvgIpc) is 3.23. The van der Waals surface area contributed by atoms with Crippen LogP contribution >= 0.6 is 0 Å². The zero-order chi connectivity index (χ0) is 21.6. The third-order valence-electron chi connectivity index (χ3n) is 3.93. The normalized spacial score (nSPS) is 11.6. The molecule has 1 N–H and O–H groups in total. The lowest BCUT2D eigenvalue weighted by molar-refractivity contribution is -0.159. The van der Waals surface area contributed by atoms with Crippen LogP contribution in [0, 0.1) is 6.92 Å². The van der Waals surface area contributed by atoms with Crippen LogP contribution in [0.3, 0.4) is 0 Å². The second-order valence-electron chi connectivity index (χ2n) is 6.26. The fraction of sp³-hybridized carbons (Fsp3) is 0.200. The third kappa shape index (κ3) is 5.66. The van der Waals surface area contributed by atoms with Gasteiger partial charge in [0.2, 0.25) is 5.82 Å². The number of rotatable bonds is 7. The molecule has 0 fully saturated rings. The van der Waals surface area contributed by atoms with E-state index in [0.29, 0.717) is 12.2 Å². The number of nitrogens with one attached hydrogen (secondary N) is 1. The molecule has 0 saturated carbocycles. The minimum absolute atomic E-state index is 0.147. The Morgan fingerprint density at radius 3 is 2.50 bits per heavy atom. The van der Waals surface area contributed by atoms with Gasteiger partial charge in [0.05, 0.1) is 12.8 Å². The molecule has 0 spiro atoms. The maximum atomic E-state index is 12.5. The summed E-state index contributed by atoms with van der Waals surface area (Å²) in [5.41, 5.74) is 2.73. The van der Waals surface area contributed by atoms with Crippen LogP contribution in [-0.4, -0.2) is 28.8 Å². The molecule has 0 aliphatic heterocycles. The van der Waals surface area contributed by atoms with E-state index in [-0.39, 0.29) is 23.8 Å². The Bertz CT molecular complexity index is 1010. The smallest absolute Gasteiger partial charge is 0.391 e. The van der Waals surface area contributed by atoms with E-state index in [2.05, 4.69) is 25.1 Å². The van der Waals surface area contributed by atoms with Gasteiger partial charge >= 0.3 is 12.1 Å².